The van der Waals surface area contributed by atoms with Crippen LogP contribution in [0, 0.1) is 6.92 Å². The van der Waals surface area contributed by atoms with E-state index in [0.717, 1.165) is 0 Å². The molecule has 0 atom stereocenters. The second-order valence-corrected chi connectivity index (χ2v) is 10.9. The highest BCUT2D eigenvalue weighted by Crippen LogP contribution is 2.56. The van der Waals surface area contributed by atoms with Crippen molar-refractivity contribution in [1.29, 1.82) is 0 Å². The van der Waals surface area contributed by atoms with Gasteiger partial charge in [-0.2, -0.15) is 0 Å². The summed E-state index contributed by atoms with van der Waals surface area (Å²) < 4.78 is 0. The van der Waals surface area contributed by atoms with E-state index in [0.29, 0.717) is 10.8 Å². The molecule has 4 aromatic rings. The lowest BCUT2D eigenvalue weighted by Crippen LogP contribution is -2.44. The molecule has 0 radical (unpaired) electrons. The van der Waals surface area contributed by atoms with Crippen LogP contribution in [0.3, 0.4) is 0 Å². The van der Waals surface area contributed by atoms with Crippen molar-refractivity contribution in [1.82, 2.24) is 0 Å². The van der Waals surface area contributed by atoms with Gasteiger partial charge in [-0.1, -0.05) is 74.5 Å². The van der Waals surface area contributed by atoms with E-state index in [9.17, 15) is 0 Å². The molecule has 4 aromatic carbocycles. The fourth-order valence-electron chi connectivity index (χ4n) is 6.31. The molecule has 0 saturated heterocycles. The fraction of sp³-hybridized carbons (Fsp3) is 0.273. The highest BCUT2D eigenvalue weighted by Gasteiger charge is 2.47. The fourth-order valence-corrected chi connectivity index (χ4v) is 6.31. The van der Waals surface area contributed by atoms with Crippen LogP contribution in [-0.2, 0) is 10.8 Å². The lowest BCUT2D eigenvalue weighted by Gasteiger charge is -2.52. The molecule has 1 saturated carbocycles. The zero-order chi connectivity index (χ0) is 23.3. The standard InChI is InChI=1S/C33H33N/c1-24-22-25(26-14-16-29-30(23-26)33(3)20-18-32(29,2)19-21-33)15-17-31(24)34(27-10-6-4-7-11-27)28-12-8-5-9-13-28/h4-17,22-23H,18-21H2,1-3H3. The Hall–Kier alpha value is -3.32. The van der Waals surface area contributed by atoms with Crippen molar-refractivity contribution in [3.63, 3.8) is 0 Å². The summed E-state index contributed by atoms with van der Waals surface area (Å²) in [5.74, 6) is 0. The average molecular weight is 444 g/mol. The normalized spacial score (nSPS) is 22.9. The van der Waals surface area contributed by atoms with E-state index >= 15 is 0 Å². The van der Waals surface area contributed by atoms with Crippen molar-refractivity contribution in [3.8, 4) is 11.1 Å². The van der Waals surface area contributed by atoms with Gasteiger partial charge < -0.3 is 4.90 Å². The zero-order valence-corrected chi connectivity index (χ0v) is 20.5. The van der Waals surface area contributed by atoms with Crippen molar-refractivity contribution in [3.05, 3.63) is 114 Å². The van der Waals surface area contributed by atoms with Crippen LogP contribution >= 0.6 is 0 Å². The molecule has 0 aliphatic heterocycles. The first-order valence-corrected chi connectivity index (χ1v) is 12.6. The Morgan fingerprint density at radius 1 is 0.559 bits per heavy atom. The van der Waals surface area contributed by atoms with Gasteiger partial charge in [-0.3, -0.25) is 0 Å². The largest absolute Gasteiger partial charge is 0.310 e. The molecule has 34 heavy (non-hydrogen) atoms. The topological polar surface area (TPSA) is 3.24 Å². The van der Waals surface area contributed by atoms with Gasteiger partial charge in [0.1, 0.15) is 0 Å². The van der Waals surface area contributed by atoms with Crippen molar-refractivity contribution < 1.29 is 0 Å². The molecular weight excluding hydrogens is 410 g/mol. The summed E-state index contributed by atoms with van der Waals surface area (Å²) in [6.45, 7) is 7.20. The Morgan fingerprint density at radius 2 is 1.06 bits per heavy atom. The first-order valence-electron chi connectivity index (χ1n) is 12.6. The van der Waals surface area contributed by atoms with Crippen LogP contribution in [0.2, 0.25) is 0 Å². The second-order valence-electron chi connectivity index (χ2n) is 10.9. The molecule has 0 aromatic heterocycles. The smallest absolute Gasteiger partial charge is 0.0491 e. The molecule has 1 heteroatoms. The number of rotatable bonds is 4. The van der Waals surface area contributed by atoms with E-state index < -0.39 is 0 Å². The number of benzene rings is 4. The molecule has 0 N–H and O–H groups in total. The van der Waals surface area contributed by atoms with Gasteiger partial charge in [-0.25, -0.2) is 0 Å². The second kappa shape index (κ2) is 7.87. The van der Waals surface area contributed by atoms with E-state index in [1.165, 1.54) is 59.4 Å². The molecule has 0 amide bonds. The van der Waals surface area contributed by atoms with Crippen LogP contribution in [0.15, 0.2) is 97.1 Å². The number of fused-ring (bicyclic) bond motifs is 2. The number of aryl methyl sites for hydroxylation is 1. The third-order valence-electron chi connectivity index (χ3n) is 8.58. The van der Waals surface area contributed by atoms with Gasteiger partial charge >= 0.3 is 0 Å². The van der Waals surface area contributed by atoms with Gasteiger partial charge in [0.2, 0.25) is 0 Å². The van der Waals surface area contributed by atoms with E-state index in [1.54, 1.807) is 11.1 Å². The monoisotopic (exact) mass is 443 g/mol. The molecule has 0 unspecified atom stereocenters. The molecule has 0 spiro atoms. The minimum Gasteiger partial charge on any atom is -0.310 e. The lowest BCUT2D eigenvalue weighted by atomic mass is 9.52. The molecule has 2 bridgehead atoms. The highest BCUT2D eigenvalue weighted by atomic mass is 15.1. The van der Waals surface area contributed by atoms with Crippen LogP contribution in [0.1, 0.15) is 56.2 Å². The Kier molecular flexibility index (Phi) is 4.92. The SMILES string of the molecule is Cc1cc(-c2ccc3c(c2)C2(C)CCC3(C)CC2)ccc1N(c1ccccc1)c1ccccc1. The Balaban J connectivity index is 1.42. The lowest BCUT2D eigenvalue weighted by molar-refractivity contribution is 0.188. The summed E-state index contributed by atoms with van der Waals surface area (Å²) in [7, 11) is 0. The van der Waals surface area contributed by atoms with Crippen molar-refractivity contribution in [2.75, 3.05) is 4.90 Å². The van der Waals surface area contributed by atoms with Crippen molar-refractivity contribution >= 4 is 17.1 Å². The maximum atomic E-state index is 2.51. The molecule has 1 fully saturated rings. The van der Waals surface area contributed by atoms with Crippen molar-refractivity contribution in [2.24, 2.45) is 0 Å². The summed E-state index contributed by atoms with van der Waals surface area (Å²) in [4.78, 5) is 2.35. The van der Waals surface area contributed by atoms with Crippen LogP contribution in [-0.4, -0.2) is 0 Å². The molecule has 0 heterocycles. The van der Waals surface area contributed by atoms with Crippen molar-refractivity contribution in [2.45, 2.75) is 57.3 Å². The quantitative estimate of drug-likeness (QED) is 0.304. The minimum absolute atomic E-state index is 0.343. The van der Waals surface area contributed by atoms with Crippen LogP contribution < -0.4 is 4.90 Å². The number of hydrogen-bond acceptors (Lipinski definition) is 1. The first kappa shape index (κ1) is 21.2. The number of hydrogen-bond donors (Lipinski definition) is 0. The summed E-state index contributed by atoms with van der Waals surface area (Å²) in [5.41, 5.74) is 11.4. The van der Waals surface area contributed by atoms with E-state index in [1.807, 2.05) is 0 Å². The predicted molar refractivity (Wildman–Crippen MR) is 144 cm³/mol. The van der Waals surface area contributed by atoms with Crippen LogP contribution in [0.5, 0.6) is 0 Å². The third-order valence-corrected chi connectivity index (χ3v) is 8.58. The van der Waals surface area contributed by atoms with Gasteiger partial charge in [0, 0.05) is 17.1 Å². The summed E-state index contributed by atoms with van der Waals surface area (Å²) in [6, 6.07) is 35.6. The van der Waals surface area contributed by atoms with Crippen LogP contribution in [0.25, 0.3) is 11.1 Å². The van der Waals surface area contributed by atoms with Gasteiger partial charge in [0.05, 0.1) is 0 Å². The van der Waals surface area contributed by atoms with E-state index in [4.69, 9.17) is 0 Å². The highest BCUT2D eigenvalue weighted by molar-refractivity contribution is 5.80. The Bertz CT molecular complexity index is 1290. The number of nitrogens with zero attached hydrogens (tertiary/aromatic N) is 1. The van der Waals surface area contributed by atoms with Gasteiger partial charge in [-0.15, -0.1) is 0 Å². The van der Waals surface area contributed by atoms with Crippen LogP contribution in [0.4, 0.5) is 17.1 Å². The Labute approximate surface area is 204 Å². The zero-order valence-electron chi connectivity index (χ0n) is 20.5. The molecule has 170 valence electrons. The van der Waals surface area contributed by atoms with E-state index in [-0.39, 0.29) is 0 Å². The number of anilines is 3. The molecular formula is C33H33N. The minimum atomic E-state index is 0.343. The summed E-state index contributed by atoms with van der Waals surface area (Å²) in [6.07, 6.45) is 5.30. The molecule has 1 nitrogen and oxygen atoms in total. The first-order chi connectivity index (χ1) is 16.5. The summed E-state index contributed by atoms with van der Waals surface area (Å²) >= 11 is 0. The molecule has 7 rings (SSSR count). The predicted octanol–water partition coefficient (Wildman–Crippen LogP) is 9.23. The van der Waals surface area contributed by atoms with Gasteiger partial charge in [-0.05, 0) is 108 Å². The average Bonchev–Trinajstić information content (AvgIpc) is 2.88. The van der Waals surface area contributed by atoms with Gasteiger partial charge in [0.25, 0.3) is 0 Å². The summed E-state index contributed by atoms with van der Waals surface area (Å²) in [5, 5.41) is 0. The third kappa shape index (κ3) is 3.38. The molecule has 3 aliphatic rings. The maximum absolute atomic E-state index is 2.51. The maximum Gasteiger partial charge on any atom is 0.0491 e. The van der Waals surface area contributed by atoms with Gasteiger partial charge in [0.15, 0.2) is 0 Å². The van der Waals surface area contributed by atoms with E-state index in [2.05, 4.69) is 123 Å². The Morgan fingerprint density at radius 3 is 1.62 bits per heavy atom. The number of para-hydroxylation sites is 2. The molecule has 3 aliphatic carbocycles.